The topological polar surface area (TPSA) is 55.1 Å². The molecule has 9 heavy (non-hydrogen) atoms. The molecule has 0 spiro atoms. The summed E-state index contributed by atoms with van der Waals surface area (Å²) in [5.74, 6) is 0.194. The molecule has 0 rings (SSSR count). The van der Waals surface area contributed by atoms with Crippen molar-refractivity contribution in [3.8, 4) is 0 Å². The van der Waals surface area contributed by atoms with Gasteiger partial charge in [0.25, 0.3) is 0 Å². The normalized spacial score (nSPS) is 9.56. The van der Waals surface area contributed by atoms with Crippen LogP contribution in [0.4, 0.5) is 0 Å². The molecule has 0 atom stereocenters. The molecular formula is C6H14N2O. The molecule has 3 N–H and O–H groups in total. The van der Waals surface area contributed by atoms with Crippen LogP contribution in [0.2, 0.25) is 0 Å². The van der Waals surface area contributed by atoms with E-state index in [1.807, 2.05) is 6.92 Å². The van der Waals surface area contributed by atoms with Crippen molar-refractivity contribution < 1.29 is 4.79 Å². The van der Waals surface area contributed by atoms with Crippen LogP contribution < -0.4 is 11.1 Å². The van der Waals surface area contributed by atoms with Gasteiger partial charge in [0.05, 0.1) is 6.54 Å². The number of hydrogen-bond donors (Lipinski definition) is 2. The quantitative estimate of drug-likeness (QED) is 0.528. The van der Waals surface area contributed by atoms with Gasteiger partial charge in [-0.2, -0.15) is 0 Å². The number of hydrogen-bond acceptors (Lipinski definition) is 3. The van der Waals surface area contributed by atoms with Gasteiger partial charge in [0.2, 0.25) is 0 Å². The van der Waals surface area contributed by atoms with Crippen molar-refractivity contribution in [3.05, 3.63) is 0 Å². The fraction of sp³-hybridized carbons (Fsp3) is 0.833. The predicted octanol–water partition coefficient (Wildman–Crippen LogP) is -0.486. The van der Waals surface area contributed by atoms with E-state index >= 15 is 0 Å². The summed E-state index contributed by atoms with van der Waals surface area (Å²) in [6, 6.07) is 0. The summed E-state index contributed by atoms with van der Waals surface area (Å²) in [5, 5.41) is 2.93. The average Bonchev–Trinajstić information content (AvgIpc) is 1.85. The van der Waals surface area contributed by atoms with Crippen LogP contribution in [0.1, 0.15) is 13.3 Å². The molecule has 0 radical (unpaired) electrons. The highest BCUT2D eigenvalue weighted by molar-refractivity contribution is 5.80. The van der Waals surface area contributed by atoms with Gasteiger partial charge in [-0.1, -0.05) is 6.92 Å². The molecule has 0 amide bonds. The molecule has 0 aliphatic heterocycles. The Morgan fingerprint density at radius 3 is 2.78 bits per heavy atom. The Bertz CT molecular complexity index is 83.1. The number of ketones is 1. The first-order chi connectivity index (χ1) is 4.31. The molecule has 3 nitrogen and oxygen atoms in total. The minimum absolute atomic E-state index is 0.194. The van der Waals surface area contributed by atoms with E-state index in [9.17, 15) is 4.79 Å². The van der Waals surface area contributed by atoms with E-state index in [-0.39, 0.29) is 5.78 Å². The summed E-state index contributed by atoms with van der Waals surface area (Å²) in [4.78, 5) is 10.7. The lowest BCUT2D eigenvalue weighted by molar-refractivity contribution is -0.118. The van der Waals surface area contributed by atoms with Crippen LogP contribution in [-0.2, 0) is 4.79 Å². The van der Waals surface area contributed by atoms with Gasteiger partial charge in [-0.15, -0.1) is 0 Å². The zero-order valence-corrected chi connectivity index (χ0v) is 5.81. The Morgan fingerprint density at radius 2 is 2.33 bits per heavy atom. The number of nitrogens with two attached hydrogens (primary N) is 1. The molecular weight excluding hydrogens is 116 g/mol. The molecule has 3 heteroatoms. The highest BCUT2D eigenvalue weighted by Gasteiger charge is 1.95. The van der Waals surface area contributed by atoms with Crippen molar-refractivity contribution in [2.75, 3.05) is 19.6 Å². The van der Waals surface area contributed by atoms with E-state index in [4.69, 9.17) is 5.73 Å². The molecule has 0 aromatic carbocycles. The maximum Gasteiger partial charge on any atom is 0.147 e. The van der Waals surface area contributed by atoms with Gasteiger partial charge in [0.15, 0.2) is 0 Å². The minimum atomic E-state index is 0.194. The van der Waals surface area contributed by atoms with E-state index in [2.05, 4.69) is 5.32 Å². The SMILES string of the molecule is CCNCC(=O)CCN. The molecule has 0 unspecified atom stereocenters. The maximum absolute atomic E-state index is 10.7. The standard InChI is InChI=1S/C6H14N2O/c1-2-8-5-6(9)3-4-7/h8H,2-5,7H2,1H3. The Hall–Kier alpha value is -0.410. The summed E-state index contributed by atoms with van der Waals surface area (Å²) >= 11 is 0. The minimum Gasteiger partial charge on any atom is -0.330 e. The molecule has 0 aromatic heterocycles. The fourth-order valence-corrected chi connectivity index (χ4v) is 0.514. The van der Waals surface area contributed by atoms with E-state index in [1.54, 1.807) is 0 Å². The van der Waals surface area contributed by atoms with Gasteiger partial charge in [-0.3, -0.25) is 4.79 Å². The highest BCUT2D eigenvalue weighted by Crippen LogP contribution is 1.75. The molecule has 0 bridgehead atoms. The monoisotopic (exact) mass is 130 g/mol. The van der Waals surface area contributed by atoms with Gasteiger partial charge in [-0.05, 0) is 13.1 Å². The first-order valence-electron chi connectivity index (χ1n) is 3.23. The summed E-state index contributed by atoms with van der Waals surface area (Å²) in [7, 11) is 0. The summed E-state index contributed by atoms with van der Waals surface area (Å²) in [6.45, 7) is 3.74. The number of likely N-dealkylation sites (N-methyl/N-ethyl adjacent to an activating group) is 1. The third-order valence-electron chi connectivity index (χ3n) is 0.995. The van der Waals surface area contributed by atoms with E-state index < -0.39 is 0 Å². The van der Waals surface area contributed by atoms with Crippen LogP contribution in [0, 0.1) is 0 Å². The second-order valence-electron chi connectivity index (χ2n) is 1.86. The molecule has 0 saturated heterocycles. The Morgan fingerprint density at radius 1 is 1.67 bits per heavy atom. The first-order valence-corrected chi connectivity index (χ1v) is 3.23. The number of Topliss-reactive ketones (excluding diaryl/α,β-unsaturated/α-hetero) is 1. The third-order valence-corrected chi connectivity index (χ3v) is 0.995. The molecule has 0 heterocycles. The molecule has 0 saturated carbocycles. The summed E-state index contributed by atoms with van der Waals surface area (Å²) < 4.78 is 0. The van der Waals surface area contributed by atoms with Crippen LogP contribution in [0.3, 0.4) is 0 Å². The Labute approximate surface area is 55.6 Å². The van der Waals surface area contributed by atoms with E-state index in [0.29, 0.717) is 19.5 Å². The van der Waals surface area contributed by atoms with Gasteiger partial charge >= 0.3 is 0 Å². The number of carbonyl (C=O) groups excluding carboxylic acids is 1. The van der Waals surface area contributed by atoms with Crippen LogP contribution in [0.25, 0.3) is 0 Å². The third kappa shape index (κ3) is 5.46. The van der Waals surface area contributed by atoms with Gasteiger partial charge < -0.3 is 11.1 Å². The van der Waals surface area contributed by atoms with Crippen LogP contribution in [-0.4, -0.2) is 25.4 Å². The van der Waals surface area contributed by atoms with E-state index in [0.717, 1.165) is 6.54 Å². The van der Waals surface area contributed by atoms with Gasteiger partial charge in [0.1, 0.15) is 5.78 Å². The lowest BCUT2D eigenvalue weighted by atomic mass is 10.3. The second kappa shape index (κ2) is 5.72. The van der Waals surface area contributed by atoms with Crippen molar-refractivity contribution >= 4 is 5.78 Å². The van der Waals surface area contributed by atoms with Crippen LogP contribution in [0.15, 0.2) is 0 Å². The smallest absolute Gasteiger partial charge is 0.147 e. The number of carbonyl (C=O) groups is 1. The highest BCUT2D eigenvalue weighted by atomic mass is 16.1. The predicted molar refractivity (Wildman–Crippen MR) is 37.2 cm³/mol. The first kappa shape index (κ1) is 8.59. The molecule has 0 aromatic rings. The van der Waals surface area contributed by atoms with Crippen molar-refractivity contribution in [1.29, 1.82) is 0 Å². The zero-order valence-electron chi connectivity index (χ0n) is 5.81. The average molecular weight is 130 g/mol. The van der Waals surface area contributed by atoms with Crippen LogP contribution in [0.5, 0.6) is 0 Å². The Kier molecular flexibility index (Phi) is 5.46. The largest absolute Gasteiger partial charge is 0.330 e. The Balaban J connectivity index is 3.06. The van der Waals surface area contributed by atoms with Crippen LogP contribution >= 0.6 is 0 Å². The van der Waals surface area contributed by atoms with Crippen molar-refractivity contribution in [1.82, 2.24) is 5.32 Å². The molecule has 0 aliphatic rings. The van der Waals surface area contributed by atoms with Gasteiger partial charge in [0, 0.05) is 6.42 Å². The zero-order chi connectivity index (χ0) is 7.11. The summed E-state index contributed by atoms with van der Waals surface area (Å²) in [5.41, 5.74) is 5.15. The van der Waals surface area contributed by atoms with Crippen molar-refractivity contribution in [2.45, 2.75) is 13.3 Å². The maximum atomic E-state index is 10.7. The fourth-order valence-electron chi connectivity index (χ4n) is 0.514. The van der Waals surface area contributed by atoms with Crippen molar-refractivity contribution in [2.24, 2.45) is 5.73 Å². The lowest BCUT2D eigenvalue weighted by Crippen LogP contribution is -2.24. The second-order valence-corrected chi connectivity index (χ2v) is 1.86. The van der Waals surface area contributed by atoms with Crippen molar-refractivity contribution in [3.63, 3.8) is 0 Å². The van der Waals surface area contributed by atoms with E-state index in [1.165, 1.54) is 0 Å². The molecule has 0 fully saturated rings. The lowest BCUT2D eigenvalue weighted by Gasteiger charge is -1.97. The summed E-state index contributed by atoms with van der Waals surface area (Å²) in [6.07, 6.45) is 0.493. The molecule has 0 aliphatic carbocycles. The number of nitrogens with one attached hydrogen (secondary N) is 1. The van der Waals surface area contributed by atoms with Gasteiger partial charge in [-0.25, -0.2) is 0 Å². The molecule has 54 valence electrons. The number of rotatable bonds is 5.